The van der Waals surface area contributed by atoms with Crippen LogP contribution < -0.4 is 0 Å². The number of likely N-dealkylation sites (tertiary alicyclic amines) is 9. The normalized spacial score (nSPS) is 33.8. The lowest BCUT2D eigenvalue weighted by molar-refractivity contribution is -0.219. The Labute approximate surface area is 530 Å². The van der Waals surface area contributed by atoms with Crippen LogP contribution in [0.3, 0.4) is 0 Å². The van der Waals surface area contributed by atoms with Gasteiger partial charge in [-0.1, -0.05) is 0 Å². The van der Waals surface area contributed by atoms with Gasteiger partial charge in [0.05, 0.1) is 69.6 Å². The molecule has 14 nitrogen and oxygen atoms in total. The van der Waals surface area contributed by atoms with E-state index in [2.05, 4.69) is 197 Å². The number of rotatable bonds is 1. The van der Waals surface area contributed by atoms with E-state index in [0.717, 1.165) is 71.9 Å². The molecule has 0 radical (unpaired) electrons. The van der Waals surface area contributed by atoms with Gasteiger partial charge in [-0.2, -0.15) is 0 Å². The van der Waals surface area contributed by atoms with Crippen molar-refractivity contribution in [2.75, 3.05) is 152 Å². The molecule has 502 valence electrons. The second-order valence-corrected chi connectivity index (χ2v) is 36.8. The Kier molecular flexibility index (Phi) is 23.0. The highest BCUT2D eigenvalue weighted by Gasteiger charge is 2.54. The molecule has 14 saturated heterocycles. The number of hydrogen-bond acceptors (Lipinski definition) is 14. The first-order valence-corrected chi connectivity index (χ1v) is 35.5. The molecule has 14 aliphatic rings. The molecule has 0 N–H and O–H groups in total. The molecule has 0 aliphatic carbocycles. The number of fused-ring (bicyclic) bond motifs is 6. The molecule has 7 atom stereocenters. The monoisotopic (exact) mass is 1210 g/mol. The number of nitrogens with zero attached hydrogens (tertiary/aromatic N) is 9. The first-order chi connectivity index (χ1) is 39.8. The van der Waals surface area contributed by atoms with Gasteiger partial charge in [-0.3, -0.25) is 29.4 Å². The third kappa shape index (κ3) is 18.4. The second kappa shape index (κ2) is 27.8. The van der Waals surface area contributed by atoms with Crippen molar-refractivity contribution in [2.45, 2.75) is 297 Å². The van der Waals surface area contributed by atoms with Gasteiger partial charge in [0.1, 0.15) is 0 Å². The van der Waals surface area contributed by atoms with Gasteiger partial charge in [-0.05, 0) is 286 Å². The van der Waals surface area contributed by atoms with Crippen LogP contribution in [0.5, 0.6) is 0 Å². The Balaban J connectivity index is 0.000000131. The van der Waals surface area contributed by atoms with Crippen LogP contribution in [0.1, 0.15) is 216 Å². The summed E-state index contributed by atoms with van der Waals surface area (Å²) in [6, 6.07) is 2.16. The molecule has 14 fully saturated rings. The van der Waals surface area contributed by atoms with Gasteiger partial charge in [-0.25, -0.2) is 0 Å². The lowest BCUT2D eigenvalue weighted by atomic mass is 9.76. The molecule has 6 bridgehead atoms. The quantitative estimate of drug-likeness (QED) is 0.250. The van der Waals surface area contributed by atoms with Gasteiger partial charge < -0.3 is 38.4 Å². The summed E-state index contributed by atoms with van der Waals surface area (Å²) in [5, 5.41) is 0. The number of piperidine rings is 2. The van der Waals surface area contributed by atoms with Crippen molar-refractivity contribution in [3.63, 3.8) is 0 Å². The predicted octanol–water partition coefficient (Wildman–Crippen LogP) is 10.9. The van der Waals surface area contributed by atoms with Gasteiger partial charge in [0.25, 0.3) is 0 Å². The van der Waals surface area contributed by atoms with Gasteiger partial charge in [0.15, 0.2) is 0 Å². The van der Waals surface area contributed by atoms with Crippen molar-refractivity contribution in [1.82, 2.24) is 44.1 Å². The molecule has 14 aliphatic heterocycles. The maximum atomic E-state index is 5.78. The largest absolute Gasteiger partial charge is 0.380 e. The van der Waals surface area contributed by atoms with Crippen LogP contribution in [0.2, 0.25) is 0 Å². The van der Waals surface area contributed by atoms with Crippen LogP contribution in [0.25, 0.3) is 0 Å². The SMILES string of the molecule is CC(C)(C)N1CC2CC[C@H](C1)O2.CC(C)(C)N1CCC12COC2.CC(C)(C)N1CCC2(CC1)COC2.CC(C)(C)N1C[C@@H]2C[C@H]1CO2.CC(C)(C)N1C[C@H]2C[C@@H]1CO2.CC(C)N1CCC2(CCN(C)C2)C1.CN1CCC2(CCN(C(C)(C)C)CC2)C1. The average molecular weight is 1210 g/mol. The Morgan fingerprint density at radius 3 is 1.05 bits per heavy atom. The topological polar surface area (TPSA) is 75.3 Å². The molecule has 14 heterocycles. The zero-order valence-electron chi connectivity index (χ0n) is 60.4. The van der Waals surface area contributed by atoms with Crippen molar-refractivity contribution in [1.29, 1.82) is 0 Å². The lowest BCUT2D eigenvalue weighted by Crippen LogP contribution is -2.74. The highest BCUT2D eigenvalue weighted by Crippen LogP contribution is 2.45. The summed E-state index contributed by atoms with van der Waals surface area (Å²) in [6.07, 6.45) is 18.3. The van der Waals surface area contributed by atoms with Gasteiger partial charge >= 0.3 is 0 Å². The Morgan fingerprint density at radius 2 is 0.791 bits per heavy atom. The minimum absolute atomic E-state index is 0.324. The molecule has 4 spiro atoms. The Morgan fingerprint density at radius 1 is 0.384 bits per heavy atom. The van der Waals surface area contributed by atoms with Crippen LogP contribution in [0.4, 0.5) is 0 Å². The lowest BCUT2D eigenvalue weighted by Gasteiger charge is -2.62. The van der Waals surface area contributed by atoms with E-state index in [0.29, 0.717) is 91.5 Å². The standard InChI is InChI=1S/C13H26N2.C11H22N2.C11H21NO.C10H19NO.3C9H17NO/c1-12(2,3)15-9-6-13(7-10-15)5-8-14(4)11-13;1-10(2)13-7-5-11(9-13)4-6-12(3)8-11;1-10(2,3)12-6-4-11(5-7-12)8-13-9-11;1-10(2,3)11-6-8-4-5-9(7-11)12-8;2*1-9(2,3)10-5-8-4-7(10)6-11-8;1-8(2,3)10-5-4-9(10)6-11-7-9/h5-11H2,1-4H3;10H,4-9H2,1-3H3;4-9H2,1-3H3;8-9H,4-7H2,1-3H3;2*7-8H,4-6H2,1-3H3;4-7H2,1-3H3/t;;;8-,9?;2*7-,8-;/m...110./s1. The Bertz CT molecular complexity index is 2000. The number of hydrogen-bond donors (Lipinski definition) is 0. The van der Waals surface area contributed by atoms with Crippen molar-refractivity contribution < 1.29 is 23.7 Å². The average Bonchev–Trinajstić information content (AvgIpc) is 1.24. The summed E-state index contributed by atoms with van der Waals surface area (Å²) >= 11 is 0. The summed E-state index contributed by atoms with van der Waals surface area (Å²) in [5.41, 5.74) is 4.44. The van der Waals surface area contributed by atoms with E-state index in [9.17, 15) is 0 Å². The van der Waals surface area contributed by atoms with Crippen molar-refractivity contribution in [3.8, 4) is 0 Å². The third-order valence-corrected chi connectivity index (χ3v) is 23.3. The van der Waals surface area contributed by atoms with E-state index in [1.54, 1.807) is 0 Å². The molecule has 14 rings (SSSR count). The molecule has 0 aromatic carbocycles. The maximum absolute atomic E-state index is 5.78. The van der Waals surface area contributed by atoms with E-state index in [1.807, 2.05) is 0 Å². The van der Waals surface area contributed by atoms with Gasteiger partial charge in [0, 0.05) is 109 Å². The van der Waals surface area contributed by atoms with Crippen LogP contribution >= 0.6 is 0 Å². The first kappa shape index (κ1) is 71.3. The molecule has 0 saturated carbocycles. The fourth-order valence-electron chi connectivity index (χ4n) is 17.3. The van der Waals surface area contributed by atoms with Crippen molar-refractivity contribution in [2.24, 2.45) is 16.2 Å². The summed E-state index contributed by atoms with van der Waals surface area (Å²) in [7, 11) is 4.53. The third-order valence-electron chi connectivity index (χ3n) is 23.3. The number of morpholine rings is 3. The molecule has 0 aromatic rings. The van der Waals surface area contributed by atoms with E-state index in [1.165, 1.54) is 149 Å². The predicted molar refractivity (Wildman–Crippen MR) is 358 cm³/mol. The van der Waals surface area contributed by atoms with Crippen molar-refractivity contribution >= 4 is 0 Å². The zero-order valence-corrected chi connectivity index (χ0v) is 60.4. The highest BCUT2D eigenvalue weighted by molar-refractivity contribution is 5.09. The van der Waals surface area contributed by atoms with Gasteiger partial charge in [-0.15, -0.1) is 0 Å². The molecular formula is C72H139N9O5. The maximum Gasteiger partial charge on any atom is 0.0718 e. The van der Waals surface area contributed by atoms with Crippen LogP contribution in [-0.4, -0.2) is 277 Å². The molecule has 86 heavy (non-hydrogen) atoms. The summed E-state index contributed by atoms with van der Waals surface area (Å²) in [6.45, 7) is 70.8. The minimum Gasteiger partial charge on any atom is -0.380 e. The van der Waals surface area contributed by atoms with E-state index < -0.39 is 0 Å². The van der Waals surface area contributed by atoms with Gasteiger partial charge in [0.2, 0.25) is 0 Å². The van der Waals surface area contributed by atoms with E-state index >= 15 is 0 Å². The minimum atomic E-state index is 0.324. The molecule has 0 amide bonds. The zero-order chi connectivity index (χ0) is 63.1. The molecular weight excluding hydrogens is 1070 g/mol. The Hall–Kier alpha value is -0.560. The smallest absolute Gasteiger partial charge is 0.0718 e. The first-order valence-electron chi connectivity index (χ1n) is 35.5. The fraction of sp³-hybridized carbons (Fsp3) is 1.00. The van der Waals surface area contributed by atoms with Crippen LogP contribution in [0, 0.1) is 16.2 Å². The fourth-order valence-corrected chi connectivity index (χ4v) is 17.3. The van der Waals surface area contributed by atoms with E-state index in [-0.39, 0.29) is 0 Å². The molecule has 14 heteroatoms. The van der Waals surface area contributed by atoms with Crippen LogP contribution in [-0.2, 0) is 23.7 Å². The van der Waals surface area contributed by atoms with Crippen LogP contribution in [0.15, 0.2) is 0 Å². The molecule has 2 unspecified atom stereocenters. The second-order valence-electron chi connectivity index (χ2n) is 36.8. The number of ether oxygens (including phenoxy) is 5. The van der Waals surface area contributed by atoms with E-state index in [4.69, 9.17) is 23.7 Å². The summed E-state index contributed by atoms with van der Waals surface area (Å²) in [4.78, 5) is 23.1. The summed E-state index contributed by atoms with van der Waals surface area (Å²) in [5.74, 6) is 0. The molecule has 0 aromatic heterocycles. The van der Waals surface area contributed by atoms with Crippen molar-refractivity contribution in [3.05, 3.63) is 0 Å². The summed E-state index contributed by atoms with van der Waals surface area (Å²) < 4.78 is 27.4. The highest BCUT2D eigenvalue weighted by atomic mass is 16.5.